The van der Waals surface area contributed by atoms with Crippen molar-refractivity contribution in [2.45, 2.75) is 26.2 Å². The van der Waals surface area contributed by atoms with Crippen LogP contribution in [0, 0.1) is 5.92 Å². The van der Waals surface area contributed by atoms with E-state index in [0.717, 1.165) is 18.2 Å². The fourth-order valence-corrected chi connectivity index (χ4v) is 2.52. The first-order valence-corrected chi connectivity index (χ1v) is 6.47. The number of benzene rings is 1. The molecule has 3 heteroatoms. The van der Waals surface area contributed by atoms with E-state index in [1.165, 1.54) is 19.3 Å². The van der Waals surface area contributed by atoms with Crippen molar-refractivity contribution in [2.75, 3.05) is 18.5 Å². The summed E-state index contributed by atoms with van der Waals surface area (Å²) in [5, 5.41) is 0.666. The van der Waals surface area contributed by atoms with Crippen LogP contribution in [0.15, 0.2) is 18.2 Å². The molecule has 1 saturated carbocycles. The number of ketones is 1. The SMILES string of the molecule is CC(=O)c1ccc(N(C)CC2CCC2)c(Cl)c1. The molecule has 0 aliphatic heterocycles. The highest BCUT2D eigenvalue weighted by molar-refractivity contribution is 6.33. The minimum Gasteiger partial charge on any atom is -0.373 e. The van der Waals surface area contributed by atoms with E-state index in [1.54, 1.807) is 13.0 Å². The predicted octanol–water partition coefficient (Wildman–Crippen LogP) is 3.78. The van der Waals surface area contributed by atoms with Crippen LogP contribution in [0.1, 0.15) is 36.5 Å². The predicted molar refractivity (Wildman–Crippen MR) is 72.1 cm³/mol. The second kappa shape index (κ2) is 5.09. The molecule has 2 nitrogen and oxygen atoms in total. The molecule has 0 N–H and O–H groups in total. The van der Waals surface area contributed by atoms with Gasteiger partial charge < -0.3 is 4.90 Å². The standard InChI is InChI=1S/C14H18ClNO/c1-10(17)12-6-7-14(13(15)8-12)16(2)9-11-4-3-5-11/h6-8,11H,3-5,9H2,1-2H3. The number of carbonyl (C=O) groups is 1. The molecule has 0 radical (unpaired) electrons. The summed E-state index contributed by atoms with van der Waals surface area (Å²) >= 11 is 6.22. The van der Waals surface area contributed by atoms with Crippen LogP contribution >= 0.6 is 11.6 Å². The monoisotopic (exact) mass is 251 g/mol. The van der Waals surface area contributed by atoms with Gasteiger partial charge in [-0.25, -0.2) is 0 Å². The molecule has 0 spiro atoms. The summed E-state index contributed by atoms with van der Waals surface area (Å²) in [4.78, 5) is 13.4. The van der Waals surface area contributed by atoms with Crippen molar-refractivity contribution in [3.8, 4) is 0 Å². The normalized spacial score (nSPS) is 15.5. The first kappa shape index (κ1) is 12.4. The summed E-state index contributed by atoms with van der Waals surface area (Å²) in [6, 6.07) is 5.55. The molecule has 1 aliphatic carbocycles. The van der Waals surface area contributed by atoms with Gasteiger partial charge in [-0.05, 0) is 43.9 Å². The highest BCUT2D eigenvalue weighted by Crippen LogP contribution is 2.31. The Bertz CT molecular complexity index is 426. The van der Waals surface area contributed by atoms with Crippen LogP contribution in [-0.2, 0) is 0 Å². The molecule has 0 bridgehead atoms. The first-order chi connectivity index (χ1) is 8.08. The Morgan fingerprint density at radius 3 is 2.65 bits per heavy atom. The third-order valence-electron chi connectivity index (χ3n) is 3.52. The van der Waals surface area contributed by atoms with Gasteiger partial charge in [-0.2, -0.15) is 0 Å². The van der Waals surface area contributed by atoms with Crippen LogP contribution in [-0.4, -0.2) is 19.4 Å². The van der Waals surface area contributed by atoms with Crippen LogP contribution in [0.2, 0.25) is 5.02 Å². The lowest BCUT2D eigenvalue weighted by Crippen LogP contribution is -2.29. The molecule has 17 heavy (non-hydrogen) atoms. The zero-order chi connectivity index (χ0) is 12.4. The Hall–Kier alpha value is -1.02. The number of anilines is 1. The van der Waals surface area contributed by atoms with Gasteiger partial charge in [-0.15, -0.1) is 0 Å². The maximum absolute atomic E-state index is 11.2. The van der Waals surface area contributed by atoms with E-state index in [4.69, 9.17) is 11.6 Å². The highest BCUT2D eigenvalue weighted by atomic mass is 35.5. The lowest BCUT2D eigenvalue weighted by Gasteiger charge is -2.31. The van der Waals surface area contributed by atoms with Crippen molar-refractivity contribution in [1.29, 1.82) is 0 Å². The number of Topliss-reactive ketones (excluding diaryl/α,β-unsaturated/α-hetero) is 1. The van der Waals surface area contributed by atoms with Crippen LogP contribution in [0.25, 0.3) is 0 Å². The third-order valence-corrected chi connectivity index (χ3v) is 3.82. The van der Waals surface area contributed by atoms with Crippen molar-refractivity contribution >= 4 is 23.1 Å². The van der Waals surface area contributed by atoms with E-state index in [-0.39, 0.29) is 5.78 Å². The van der Waals surface area contributed by atoms with E-state index in [0.29, 0.717) is 10.6 Å². The van der Waals surface area contributed by atoms with Gasteiger partial charge in [-0.3, -0.25) is 4.79 Å². The molecule has 0 amide bonds. The molecule has 1 aromatic carbocycles. The number of halogens is 1. The summed E-state index contributed by atoms with van der Waals surface area (Å²) in [5.41, 5.74) is 1.69. The van der Waals surface area contributed by atoms with Crippen LogP contribution in [0.5, 0.6) is 0 Å². The van der Waals surface area contributed by atoms with E-state index in [2.05, 4.69) is 11.9 Å². The van der Waals surface area contributed by atoms with E-state index in [9.17, 15) is 4.79 Å². The third kappa shape index (κ3) is 2.81. The fraction of sp³-hybridized carbons (Fsp3) is 0.500. The summed E-state index contributed by atoms with van der Waals surface area (Å²) in [6.07, 6.45) is 4.01. The van der Waals surface area contributed by atoms with Gasteiger partial charge in [0.15, 0.2) is 5.78 Å². The zero-order valence-corrected chi connectivity index (χ0v) is 11.1. The Balaban J connectivity index is 2.11. The van der Waals surface area contributed by atoms with Crippen molar-refractivity contribution in [3.05, 3.63) is 28.8 Å². The fourth-order valence-electron chi connectivity index (χ4n) is 2.20. The Morgan fingerprint density at radius 2 is 2.18 bits per heavy atom. The largest absolute Gasteiger partial charge is 0.373 e. The minimum atomic E-state index is 0.0556. The molecule has 1 fully saturated rings. The summed E-state index contributed by atoms with van der Waals surface area (Å²) in [7, 11) is 2.06. The molecule has 2 rings (SSSR count). The van der Waals surface area contributed by atoms with Gasteiger partial charge in [-0.1, -0.05) is 18.0 Å². The maximum atomic E-state index is 11.2. The number of rotatable bonds is 4. The smallest absolute Gasteiger partial charge is 0.159 e. The Kier molecular flexibility index (Phi) is 3.72. The lowest BCUT2D eigenvalue weighted by molar-refractivity contribution is 0.101. The maximum Gasteiger partial charge on any atom is 0.159 e. The zero-order valence-electron chi connectivity index (χ0n) is 10.4. The summed E-state index contributed by atoms with van der Waals surface area (Å²) in [5.74, 6) is 0.864. The Morgan fingerprint density at radius 1 is 1.47 bits per heavy atom. The molecule has 0 aromatic heterocycles. The molecule has 0 atom stereocenters. The molecule has 1 aromatic rings. The number of hydrogen-bond donors (Lipinski definition) is 0. The van der Waals surface area contributed by atoms with Crippen molar-refractivity contribution in [1.82, 2.24) is 0 Å². The van der Waals surface area contributed by atoms with Gasteiger partial charge in [0, 0.05) is 19.2 Å². The van der Waals surface area contributed by atoms with Gasteiger partial charge in [0.1, 0.15) is 0 Å². The van der Waals surface area contributed by atoms with E-state index in [1.807, 2.05) is 12.1 Å². The second-order valence-electron chi connectivity index (χ2n) is 4.90. The number of hydrogen-bond acceptors (Lipinski definition) is 2. The van der Waals surface area contributed by atoms with Gasteiger partial charge in [0.05, 0.1) is 10.7 Å². The van der Waals surface area contributed by atoms with Crippen LogP contribution in [0.4, 0.5) is 5.69 Å². The van der Waals surface area contributed by atoms with Crippen molar-refractivity contribution in [2.24, 2.45) is 5.92 Å². The van der Waals surface area contributed by atoms with E-state index < -0.39 is 0 Å². The highest BCUT2D eigenvalue weighted by Gasteiger charge is 2.20. The average molecular weight is 252 g/mol. The van der Waals surface area contributed by atoms with Gasteiger partial charge in [0.2, 0.25) is 0 Å². The van der Waals surface area contributed by atoms with Crippen LogP contribution < -0.4 is 4.90 Å². The van der Waals surface area contributed by atoms with Crippen LogP contribution in [0.3, 0.4) is 0 Å². The average Bonchev–Trinajstić information content (AvgIpc) is 2.22. The quantitative estimate of drug-likeness (QED) is 0.759. The lowest BCUT2D eigenvalue weighted by atomic mass is 9.85. The second-order valence-corrected chi connectivity index (χ2v) is 5.31. The van der Waals surface area contributed by atoms with Gasteiger partial charge >= 0.3 is 0 Å². The van der Waals surface area contributed by atoms with Gasteiger partial charge in [0.25, 0.3) is 0 Å². The topological polar surface area (TPSA) is 20.3 Å². The first-order valence-electron chi connectivity index (χ1n) is 6.09. The molecule has 0 unspecified atom stereocenters. The molecule has 0 heterocycles. The molecule has 1 aliphatic rings. The molecule has 92 valence electrons. The van der Waals surface area contributed by atoms with Crippen molar-refractivity contribution < 1.29 is 4.79 Å². The minimum absolute atomic E-state index is 0.0556. The van der Waals surface area contributed by atoms with E-state index >= 15 is 0 Å². The Labute approximate surface area is 108 Å². The molecular formula is C14H18ClNO. The molecule has 0 saturated heterocycles. The summed E-state index contributed by atoms with van der Waals surface area (Å²) < 4.78 is 0. The van der Waals surface area contributed by atoms with Crippen molar-refractivity contribution in [3.63, 3.8) is 0 Å². The number of carbonyl (C=O) groups excluding carboxylic acids is 1. The number of nitrogens with zero attached hydrogens (tertiary/aromatic N) is 1. The molecular weight excluding hydrogens is 234 g/mol. The summed E-state index contributed by atoms with van der Waals surface area (Å²) in [6.45, 7) is 2.61.